The van der Waals surface area contributed by atoms with Gasteiger partial charge >= 0.3 is 6.18 Å². The van der Waals surface area contributed by atoms with Crippen LogP contribution in [0.1, 0.15) is 11.3 Å². The highest BCUT2D eigenvalue weighted by Gasteiger charge is 2.49. The van der Waals surface area contributed by atoms with E-state index >= 15 is 0 Å². The summed E-state index contributed by atoms with van der Waals surface area (Å²) in [7, 11) is 0. The van der Waals surface area contributed by atoms with E-state index in [9.17, 15) is 18.0 Å². The standard InChI is InChI=1S/C16H17F3N2O2.ClH/c1-9-10-4-2-3-5-13(10)23-14(9)8-21-15(22)11-6-20-7-12(11)16(17,18)19;/h2-5,11-12,20H,6-8H2,1H3,(H,21,22);1H/t11-,12-;/m1./s1. The molecule has 2 heterocycles. The molecule has 3 rings (SSSR count). The number of amides is 1. The van der Waals surface area contributed by atoms with Gasteiger partial charge in [-0.25, -0.2) is 0 Å². The fraction of sp³-hybridized carbons (Fsp3) is 0.438. The zero-order chi connectivity index (χ0) is 16.6. The first-order valence-electron chi connectivity index (χ1n) is 7.40. The zero-order valence-corrected chi connectivity index (χ0v) is 13.8. The average Bonchev–Trinajstić information content (AvgIpc) is 3.10. The van der Waals surface area contributed by atoms with E-state index in [0.717, 1.165) is 10.9 Å². The summed E-state index contributed by atoms with van der Waals surface area (Å²) < 4.78 is 44.4. The Labute approximate surface area is 143 Å². The highest BCUT2D eigenvalue weighted by atomic mass is 35.5. The molecule has 2 atom stereocenters. The van der Waals surface area contributed by atoms with Gasteiger partial charge in [0, 0.05) is 24.0 Å². The Kier molecular flexibility index (Phi) is 5.45. The number of rotatable bonds is 3. The monoisotopic (exact) mass is 362 g/mol. The van der Waals surface area contributed by atoms with Gasteiger partial charge in [0.2, 0.25) is 5.91 Å². The molecule has 0 saturated carbocycles. The molecular weight excluding hydrogens is 345 g/mol. The molecule has 0 spiro atoms. The first-order chi connectivity index (χ1) is 10.9. The van der Waals surface area contributed by atoms with Crippen molar-refractivity contribution >= 4 is 29.3 Å². The number of fused-ring (bicyclic) bond motifs is 1. The average molecular weight is 363 g/mol. The summed E-state index contributed by atoms with van der Waals surface area (Å²) in [4.78, 5) is 12.1. The van der Waals surface area contributed by atoms with Crippen LogP contribution in [0.15, 0.2) is 28.7 Å². The van der Waals surface area contributed by atoms with Crippen LogP contribution in [0.3, 0.4) is 0 Å². The fourth-order valence-electron chi connectivity index (χ4n) is 2.99. The molecule has 1 aromatic carbocycles. The van der Waals surface area contributed by atoms with E-state index in [4.69, 9.17) is 4.42 Å². The Hall–Kier alpha value is -1.73. The molecule has 1 amide bonds. The van der Waals surface area contributed by atoms with E-state index < -0.39 is 23.9 Å². The molecule has 0 radical (unpaired) electrons. The molecule has 0 bridgehead atoms. The maximum Gasteiger partial charge on any atom is 0.393 e. The Morgan fingerprint density at radius 3 is 2.71 bits per heavy atom. The van der Waals surface area contributed by atoms with Gasteiger partial charge in [0.1, 0.15) is 11.3 Å². The third-order valence-corrected chi connectivity index (χ3v) is 4.34. The normalized spacial score (nSPS) is 20.8. The van der Waals surface area contributed by atoms with Gasteiger partial charge in [-0.15, -0.1) is 12.4 Å². The summed E-state index contributed by atoms with van der Waals surface area (Å²) in [5.41, 5.74) is 1.59. The molecule has 1 aliphatic heterocycles. The molecule has 1 aliphatic rings. The van der Waals surface area contributed by atoms with Crippen molar-refractivity contribution in [3.05, 3.63) is 35.6 Å². The molecule has 24 heavy (non-hydrogen) atoms. The quantitative estimate of drug-likeness (QED) is 0.881. The van der Waals surface area contributed by atoms with Gasteiger partial charge < -0.3 is 15.1 Å². The number of carbonyl (C=O) groups is 1. The molecule has 1 aromatic heterocycles. The van der Waals surface area contributed by atoms with Crippen molar-refractivity contribution in [2.75, 3.05) is 13.1 Å². The number of furan rings is 1. The van der Waals surface area contributed by atoms with Crippen LogP contribution in [-0.2, 0) is 11.3 Å². The molecule has 2 aromatic rings. The van der Waals surface area contributed by atoms with Crippen LogP contribution < -0.4 is 10.6 Å². The van der Waals surface area contributed by atoms with E-state index in [2.05, 4.69) is 10.6 Å². The summed E-state index contributed by atoms with van der Waals surface area (Å²) in [5, 5.41) is 6.15. The first-order valence-corrected chi connectivity index (χ1v) is 7.40. The number of benzene rings is 1. The SMILES string of the molecule is Cc1c(CNC(=O)[C@@H]2CNC[C@H]2C(F)(F)F)oc2ccccc12.Cl. The summed E-state index contributed by atoms with van der Waals surface area (Å²) in [5.74, 6) is -2.77. The topological polar surface area (TPSA) is 54.3 Å². The van der Waals surface area contributed by atoms with Gasteiger partial charge in [-0.1, -0.05) is 18.2 Å². The van der Waals surface area contributed by atoms with Crippen molar-refractivity contribution in [1.82, 2.24) is 10.6 Å². The second kappa shape index (κ2) is 7.03. The molecule has 4 nitrogen and oxygen atoms in total. The van der Waals surface area contributed by atoms with Crippen LogP contribution in [0.4, 0.5) is 13.2 Å². The molecule has 8 heteroatoms. The largest absolute Gasteiger partial charge is 0.459 e. The van der Waals surface area contributed by atoms with Crippen molar-refractivity contribution in [1.29, 1.82) is 0 Å². The predicted octanol–water partition coefficient (Wildman–Crippen LogP) is 3.18. The number of hydrogen-bond donors (Lipinski definition) is 2. The van der Waals surface area contributed by atoms with Crippen LogP contribution in [0.2, 0.25) is 0 Å². The highest BCUT2D eigenvalue weighted by Crippen LogP contribution is 2.34. The number of carbonyl (C=O) groups excluding carboxylic acids is 1. The van der Waals surface area contributed by atoms with Crippen molar-refractivity contribution in [3.8, 4) is 0 Å². The Morgan fingerprint density at radius 1 is 1.33 bits per heavy atom. The van der Waals surface area contributed by atoms with Crippen LogP contribution in [0.25, 0.3) is 11.0 Å². The number of nitrogens with one attached hydrogen (secondary N) is 2. The maximum absolute atomic E-state index is 12.9. The van der Waals surface area contributed by atoms with Crippen LogP contribution in [-0.4, -0.2) is 25.2 Å². The lowest BCUT2D eigenvalue weighted by Gasteiger charge is -2.20. The van der Waals surface area contributed by atoms with Crippen LogP contribution >= 0.6 is 12.4 Å². The fourth-order valence-corrected chi connectivity index (χ4v) is 2.99. The van der Waals surface area contributed by atoms with E-state index in [-0.39, 0.29) is 32.0 Å². The third-order valence-electron chi connectivity index (χ3n) is 4.34. The second-order valence-electron chi connectivity index (χ2n) is 5.78. The molecule has 0 aliphatic carbocycles. The van der Waals surface area contributed by atoms with Gasteiger partial charge in [0.15, 0.2) is 0 Å². The minimum Gasteiger partial charge on any atom is -0.459 e. The summed E-state index contributed by atoms with van der Waals surface area (Å²) >= 11 is 0. The van der Waals surface area contributed by atoms with Gasteiger partial charge in [-0.05, 0) is 13.0 Å². The summed E-state index contributed by atoms with van der Waals surface area (Å²) in [6, 6.07) is 7.44. The van der Waals surface area contributed by atoms with E-state index in [0.29, 0.717) is 11.3 Å². The van der Waals surface area contributed by atoms with Crippen molar-refractivity contribution in [2.45, 2.75) is 19.6 Å². The van der Waals surface area contributed by atoms with Gasteiger partial charge in [0.05, 0.1) is 18.4 Å². The molecule has 1 fully saturated rings. The molecule has 0 unspecified atom stereocenters. The highest BCUT2D eigenvalue weighted by molar-refractivity contribution is 5.85. The van der Waals surface area contributed by atoms with Crippen molar-refractivity contribution in [2.24, 2.45) is 11.8 Å². The van der Waals surface area contributed by atoms with Crippen molar-refractivity contribution < 1.29 is 22.4 Å². The Bertz CT molecular complexity index is 730. The van der Waals surface area contributed by atoms with Crippen LogP contribution in [0.5, 0.6) is 0 Å². The predicted molar refractivity (Wildman–Crippen MR) is 86.0 cm³/mol. The Morgan fingerprint density at radius 2 is 2.04 bits per heavy atom. The minimum absolute atomic E-state index is 0. The smallest absolute Gasteiger partial charge is 0.393 e. The van der Waals surface area contributed by atoms with E-state index in [1.165, 1.54) is 0 Å². The van der Waals surface area contributed by atoms with E-state index in [1.807, 2.05) is 31.2 Å². The second-order valence-corrected chi connectivity index (χ2v) is 5.78. The summed E-state index contributed by atoms with van der Waals surface area (Å²) in [6.45, 7) is 1.77. The minimum atomic E-state index is -4.37. The summed E-state index contributed by atoms with van der Waals surface area (Å²) in [6.07, 6.45) is -4.37. The molecule has 132 valence electrons. The number of alkyl halides is 3. The maximum atomic E-state index is 12.9. The number of halogens is 4. The Balaban J connectivity index is 0.00000208. The first kappa shape index (κ1) is 18.6. The number of para-hydroxylation sites is 1. The lowest BCUT2D eigenvalue weighted by Crippen LogP contribution is -2.39. The third kappa shape index (κ3) is 3.52. The van der Waals surface area contributed by atoms with E-state index in [1.54, 1.807) is 0 Å². The molecule has 2 N–H and O–H groups in total. The molecule has 1 saturated heterocycles. The van der Waals surface area contributed by atoms with Gasteiger partial charge in [-0.3, -0.25) is 4.79 Å². The number of hydrogen-bond acceptors (Lipinski definition) is 3. The number of aryl methyl sites for hydroxylation is 1. The zero-order valence-electron chi connectivity index (χ0n) is 12.9. The van der Waals surface area contributed by atoms with Crippen LogP contribution in [0, 0.1) is 18.8 Å². The van der Waals surface area contributed by atoms with Gasteiger partial charge in [-0.2, -0.15) is 13.2 Å². The lowest BCUT2D eigenvalue weighted by atomic mass is 9.94. The lowest BCUT2D eigenvalue weighted by molar-refractivity contribution is -0.182. The van der Waals surface area contributed by atoms with Gasteiger partial charge in [0.25, 0.3) is 0 Å². The molecular formula is C16H18ClF3N2O2. The van der Waals surface area contributed by atoms with Crippen molar-refractivity contribution in [3.63, 3.8) is 0 Å².